The Morgan fingerprint density at radius 2 is 1.86 bits per heavy atom. The third kappa shape index (κ3) is 6.88. The molecule has 35 heavy (non-hydrogen) atoms. The van der Waals surface area contributed by atoms with Gasteiger partial charge < -0.3 is 9.47 Å². The van der Waals surface area contributed by atoms with Gasteiger partial charge in [-0.15, -0.1) is 10.2 Å². The number of benzene rings is 2. The van der Waals surface area contributed by atoms with Gasteiger partial charge >= 0.3 is 0 Å². The van der Waals surface area contributed by atoms with E-state index in [2.05, 4.69) is 15.5 Å². The van der Waals surface area contributed by atoms with Gasteiger partial charge in [-0.3, -0.25) is 10.1 Å². The molecule has 0 unspecified atom stereocenters. The van der Waals surface area contributed by atoms with E-state index in [4.69, 9.17) is 9.47 Å². The number of carbonyl (C=O) groups excluding carboxylic acids is 1. The van der Waals surface area contributed by atoms with Crippen molar-refractivity contribution in [2.75, 3.05) is 17.7 Å². The quantitative estimate of drug-likeness (QED) is 0.243. The van der Waals surface area contributed by atoms with Gasteiger partial charge in [0.15, 0.2) is 11.5 Å². The highest BCUT2D eigenvalue weighted by atomic mass is 32.2. The van der Waals surface area contributed by atoms with E-state index in [9.17, 15) is 18.5 Å². The summed E-state index contributed by atoms with van der Waals surface area (Å²) in [5.74, 6) is 0.142. The fraction of sp³-hybridized carbons (Fsp3) is 0.250. The predicted octanol–water partition coefficient (Wildman–Crippen LogP) is 4.16. The number of anilines is 1. The van der Waals surface area contributed by atoms with Crippen molar-refractivity contribution in [3.8, 4) is 17.6 Å². The van der Waals surface area contributed by atoms with Gasteiger partial charge in [0.25, 0.3) is 5.91 Å². The highest BCUT2D eigenvalue weighted by molar-refractivity contribution is 7.93. The number of aryl methyl sites for hydroxylation is 1. The van der Waals surface area contributed by atoms with Crippen LogP contribution in [0.5, 0.6) is 11.5 Å². The number of hydrogen-bond acceptors (Lipinski definition) is 9. The number of amides is 1. The maximum atomic E-state index is 12.6. The molecule has 11 heteroatoms. The van der Waals surface area contributed by atoms with Crippen LogP contribution < -0.4 is 14.8 Å². The molecule has 1 heterocycles. The van der Waals surface area contributed by atoms with E-state index in [-0.39, 0.29) is 20.8 Å². The number of carbonyl (C=O) groups is 1. The first-order valence-electron chi connectivity index (χ1n) is 10.7. The standard InChI is InChI=1S/C24H24N4O5S2/c1-4-32-21-13-18(10-11-20(21)33-15-17-8-6-16(3)7-9-17)12-19(14-25)22(29)26-23-27-28-24(34-23)35(30,31)5-2/h6-13H,4-5,15H2,1-3H3,(H,26,27,29). The Labute approximate surface area is 208 Å². The number of aromatic nitrogens is 2. The molecule has 0 aliphatic carbocycles. The Kier molecular flexibility index (Phi) is 8.57. The molecule has 0 atom stereocenters. The van der Waals surface area contributed by atoms with E-state index < -0.39 is 15.7 Å². The number of nitrogens with zero attached hydrogens (tertiary/aromatic N) is 3. The van der Waals surface area contributed by atoms with Crippen LogP contribution in [0.25, 0.3) is 6.08 Å². The lowest BCUT2D eigenvalue weighted by molar-refractivity contribution is -0.112. The van der Waals surface area contributed by atoms with Gasteiger partial charge in [0, 0.05) is 0 Å². The molecule has 0 radical (unpaired) electrons. The fourth-order valence-electron chi connectivity index (χ4n) is 2.84. The minimum Gasteiger partial charge on any atom is -0.490 e. The van der Waals surface area contributed by atoms with Crippen LogP contribution in [0.15, 0.2) is 52.4 Å². The van der Waals surface area contributed by atoms with Crippen molar-refractivity contribution in [3.63, 3.8) is 0 Å². The molecule has 0 aliphatic rings. The SMILES string of the molecule is CCOc1cc(C=C(C#N)C(=O)Nc2nnc(S(=O)(=O)CC)s2)ccc1OCc1ccc(C)cc1. The number of ether oxygens (including phenoxy) is 2. The zero-order valence-corrected chi connectivity index (χ0v) is 21.1. The van der Waals surface area contributed by atoms with Crippen molar-refractivity contribution in [1.29, 1.82) is 5.26 Å². The summed E-state index contributed by atoms with van der Waals surface area (Å²) in [6, 6.07) is 14.9. The summed E-state index contributed by atoms with van der Waals surface area (Å²) in [5.41, 5.74) is 2.53. The van der Waals surface area contributed by atoms with Crippen molar-refractivity contribution >= 4 is 38.3 Å². The molecular weight excluding hydrogens is 488 g/mol. The third-order valence-electron chi connectivity index (χ3n) is 4.73. The number of rotatable bonds is 10. The summed E-state index contributed by atoms with van der Waals surface area (Å²) < 4.78 is 35.2. The van der Waals surface area contributed by atoms with Crippen molar-refractivity contribution < 1.29 is 22.7 Å². The first kappa shape index (κ1) is 25.9. The molecule has 0 fully saturated rings. The van der Waals surface area contributed by atoms with Gasteiger partial charge in [-0.05, 0) is 43.2 Å². The van der Waals surface area contributed by atoms with Crippen LogP contribution in [0.3, 0.4) is 0 Å². The molecule has 9 nitrogen and oxygen atoms in total. The Morgan fingerprint density at radius 1 is 1.11 bits per heavy atom. The normalized spacial score (nSPS) is 11.5. The van der Waals surface area contributed by atoms with Crippen molar-refractivity contribution in [1.82, 2.24) is 10.2 Å². The maximum Gasteiger partial charge on any atom is 0.268 e. The Hall–Kier alpha value is -3.75. The Bertz CT molecular complexity index is 1370. The van der Waals surface area contributed by atoms with E-state index in [1.54, 1.807) is 18.2 Å². The molecule has 0 saturated carbocycles. The second-order valence-corrected chi connectivity index (χ2v) is 10.7. The van der Waals surface area contributed by atoms with Gasteiger partial charge in [0.05, 0.1) is 12.4 Å². The molecule has 0 bridgehead atoms. The fourth-order valence-corrected chi connectivity index (χ4v) is 4.82. The highest BCUT2D eigenvalue weighted by Crippen LogP contribution is 2.30. The maximum absolute atomic E-state index is 12.6. The second kappa shape index (κ2) is 11.6. The van der Waals surface area contributed by atoms with Crippen LogP contribution in [-0.4, -0.2) is 36.9 Å². The van der Waals surface area contributed by atoms with E-state index in [0.29, 0.717) is 30.3 Å². The molecule has 0 aliphatic heterocycles. The number of nitriles is 1. The van der Waals surface area contributed by atoms with Gasteiger partial charge in [0.2, 0.25) is 19.3 Å². The molecule has 0 spiro atoms. The van der Waals surface area contributed by atoms with Gasteiger partial charge in [-0.1, -0.05) is 54.2 Å². The summed E-state index contributed by atoms with van der Waals surface area (Å²) in [6.07, 6.45) is 1.40. The van der Waals surface area contributed by atoms with Crippen LogP contribution in [0.4, 0.5) is 5.13 Å². The monoisotopic (exact) mass is 512 g/mol. The molecular formula is C24H24N4O5S2. The molecule has 182 valence electrons. The Morgan fingerprint density at radius 3 is 2.51 bits per heavy atom. The molecule has 1 aromatic heterocycles. The molecule has 3 aromatic rings. The average Bonchev–Trinajstić information content (AvgIpc) is 3.32. The highest BCUT2D eigenvalue weighted by Gasteiger charge is 2.20. The second-order valence-electron chi connectivity index (χ2n) is 7.31. The minimum atomic E-state index is -3.54. The Balaban J connectivity index is 1.76. The van der Waals surface area contributed by atoms with Crippen molar-refractivity contribution in [3.05, 3.63) is 64.7 Å². The molecule has 1 amide bonds. The summed E-state index contributed by atoms with van der Waals surface area (Å²) in [6.45, 7) is 6.11. The summed E-state index contributed by atoms with van der Waals surface area (Å²) in [5, 5.41) is 19.2. The first-order chi connectivity index (χ1) is 16.7. The van der Waals surface area contributed by atoms with Crippen LogP contribution in [0.1, 0.15) is 30.5 Å². The number of nitrogens with one attached hydrogen (secondary N) is 1. The van der Waals surface area contributed by atoms with Crippen molar-refractivity contribution in [2.24, 2.45) is 0 Å². The van der Waals surface area contributed by atoms with Gasteiger partial charge in [-0.25, -0.2) is 8.42 Å². The van der Waals surface area contributed by atoms with E-state index in [0.717, 1.165) is 22.5 Å². The van der Waals surface area contributed by atoms with Gasteiger partial charge in [0.1, 0.15) is 18.2 Å². The third-order valence-corrected chi connectivity index (χ3v) is 7.75. The predicted molar refractivity (Wildman–Crippen MR) is 133 cm³/mol. The molecule has 2 aromatic carbocycles. The summed E-state index contributed by atoms with van der Waals surface area (Å²) in [4.78, 5) is 12.6. The lowest BCUT2D eigenvalue weighted by atomic mass is 10.1. The average molecular weight is 513 g/mol. The van der Waals surface area contributed by atoms with Crippen LogP contribution >= 0.6 is 11.3 Å². The topological polar surface area (TPSA) is 131 Å². The summed E-state index contributed by atoms with van der Waals surface area (Å²) >= 11 is 0.727. The van der Waals surface area contributed by atoms with Crippen LogP contribution in [0.2, 0.25) is 0 Å². The van der Waals surface area contributed by atoms with Crippen molar-refractivity contribution in [2.45, 2.75) is 31.7 Å². The number of sulfone groups is 1. The minimum absolute atomic E-state index is 0.0157. The van der Waals surface area contributed by atoms with Crippen LogP contribution in [0, 0.1) is 18.3 Å². The van der Waals surface area contributed by atoms with E-state index >= 15 is 0 Å². The number of hydrogen-bond donors (Lipinski definition) is 1. The van der Waals surface area contributed by atoms with E-state index in [1.165, 1.54) is 13.0 Å². The molecule has 0 saturated heterocycles. The zero-order chi connectivity index (χ0) is 25.4. The largest absolute Gasteiger partial charge is 0.490 e. The lowest BCUT2D eigenvalue weighted by Gasteiger charge is -2.13. The smallest absolute Gasteiger partial charge is 0.268 e. The zero-order valence-electron chi connectivity index (χ0n) is 19.4. The molecule has 1 N–H and O–H groups in total. The molecule has 3 rings (SSSR count). The summed E-state index contributed by atoms with van der Waals surface area (Å²) in [7, 11) is -3.54. The van der Waals surface area contributed by atoms with Gasteiger partial charge in [-0.2, -0.15) is 5.26 Å². The lowest BCUT2D eigenvalue weighted by Crippen LogP contribution is -2.13. The first-order valence-corrected chi connectivity index (χ1v) is 13.2. The van der Waals surface area contributed by atoms with E-state index in [1.807, 2.05) is 44.2 Å². The van der Waals surface area contributed by atoms with Crippen LogP contribution in [-0.2, 0) is 21.2 Å².